The molecule has 0 aromatic heterocycles. The number of carbonyl (C=O) groups excluding carboxylic acids is 2. The van der Waals surface area contributed by atoms with Gasteiger partial charge in [-0.25, -0.2) is 0 Å². The molecular formula is C12H24N2O2. The number of rotatable bonds is 7. The van der Waals surface area contributed by atoms with Crippen molar-refractivity contribution < 1.29 is 9.59 Å². The monoisotopic (exact) mass is 228 g/mol. The van der Waals surface area contributed by atoms with E-state index < -0.39 is 0 Å². The zero-order valence-electron chi connectivity index (χ0n) is 10.8. The third kappa shape index (κ3) is 12.7. The molecule has 1 N–H and O–H groups in total. The van der Waals surface area contributed by atoms with E-state index in [-0.39, 0.29) is 5.91 Å². The Kier molecular flexibility index (Phi) is 14.6. The molecule has 0 aliphatic heterocycles. The van der Waals surface area contributed by atoms with E-state index in [1.165, 1.54) is 18.9 Å². The van der Waals surface area contributed by atoms with Gasteiger partial charge in [0, 0.05) is 25.9 Å². The van der Waals surface area contributed by atoms with E-state index in [2.05, 4.69) is 6.92 Å². The quantitative estimate of drug-likeness (QED) is 0.411. The predicted octanol–water partition coefficient (Wildman–Crippen LogP) is 1.92. The highest BCUT2D eigenvalue weighted by atomic mass is 16.2. The van der Waals surface area contributed by atoms with Crippen molar-refractivity contribution in [2.24, 2.45) is 0 Å². The van der Waals surface area contributed by atoms with Crippen molar-refractivity contribution in [3.05, 3.63) is 12.3 Å². The van der Waals surface area contributed by atoms with Gasteiger partial charge in [0.05, 0.1) is 0 Å². The largest absolute Gasteiger partial charge is 0.380 e. The van der Waals surface area contributed by atoms with Crippen LogP contribution in [-0.4, -0.2) is 30.8 Å². The van der Waals surface area contributed by atoms with E-state index in [0.29, 0.717) is 6.41 Å². The summed E-state index contributed by atoms with van der Waals surface area (Å²) in [5.74, 6) is -0.387. The van der Waals surface area contributed by atoms with Crippen molar-refractivity contribution in [3.63, 3.8) is 0 Å². The molecular weight excluding hydrogens is 204 g/mol. The fourth-order valence-electron chi connectivity index (χ4n) is 0.987. The van der Waals surface area contributed by atoms with Crippen LogP contribution >= 0.6 is 0 Å². The number of carbonyl (C=O) groups is 2. The minimum atomic E-state index is -0.387. The highest BCUT2D eigenvalue weighted by molar-refractivity contribution is 5.94. The molecule has 4 nitrogen and oxygen atoms in total. The van der Waals surface area contributed by atoms with E-state index in [9.17, 15) is 9.59 Å². The maximum atomic E-state index is 10.8. The van der Waals surface area contributed by atoms with E-state index in [0.717, 1.165) is 13.0 Å². The summed E-state index contributed by atoms with van der Waals surface area (Å²) in [7, 11) is 1.90. The molecule has 0 aliphatic rings. The lowest BCUT2D eigenvalue weighted by atomic mass is 10.2. The van der Waals surface area contributed by atoms with Gasteiger partial charge in [-0.1, -0.05) is 33.6 Å². The lowest BCUT2D eigenvalue weighted by Gasteiger charge is -2.12. The Morgan fingerprint density at radius 2 is 1.94 bits per heavy atom. The smallest absolute Gasteiger partial charge is 0.251 e. The van der Waals surface area contributed by atoms with Crippen LogP contribution in [-0.2, 0) is 9.59 Å². The van der Waals surface area contributed by atoms with Crippen LogP contribution in [0.3, 0.4) is 0 Å². The van der Waals surface area contributed by atoms with Gasteiger partial charge in [0.25, 0.3) is 5.91 Å². The number of nitrogens with zero attached hydrogens (tertiary/aromatic N) is 1. The van der Waals surface area contributed by atoms with Crippen LogP contribution in [0.2, 0.25) is 0 Å². The van der Waals surface area contributed by atoms with Crippen LogP contribution in [0.4, 0.5) is 0 Å². The minimum absolute atomic E-state index is 0.379. The Morgan fingerprint density at radius 1 is 1.31 bits per heavy atom. The summed E-state index contributed by atoms with van der Waals surface area (Å²) in [6, 6.07) is 0. The van der Waals surface area contributed by atoms with Crippen molar-refractivity contribution in [3.8, 4) is 0 Å². The lowest BCUT2D eigenvalue weighted by molar-refractivity contribution is -0.121. The predicted molar refractivity (Wildman–Crippen MR) is 66.8 cm³/mol. The summed E-state index contributed by atoms with van der Waals surface area (Å²) in [6.45, 7) is 7.08. The van der Waals surface area contributed by atoms with Crippen molar-refractivity contribution in [1.29, 1.82) is 0 Å². The topological polar surface area (TPSA) is 49.4 Å². The van der Waals surface area contributed by atoms with Gasteiger partial charge in [0.1, 0.15) is 0 Å². The fraction of sp³-hybridized carbons (Fsp3) is 0.667. The second kappa shape index (κ2) is 13.7. The van der Waals surface area contributed by atoms with Gasteiger partial charge in [-0.2, -0.15) is 0 Å². The molecule has 4 heteroatoms. The van der Waals surface area contributed by atoms with Crippen LogP contribution < -0.4 is 5.32 Å². The van der Waals surface area contributed by atoms with Crippen LogP contribution in [0, 0.1) is 0 Å². The van der Waals surface area contributed by atoms with Gasteiger partial charge in [0.2, 0.25) is 6.41 Å². The zero-order chi connectivity index (χ0) is 12.8. The number of nitrogens with one attached hydrogen (secondary N) is 1. The van der Waals surface area contributed by atoms with E-state index >= 15 is 0 Å². The Hall–Kier alpha value is -1.32. The number of unbranched alkanes of at least 4 members (excludes halogenated alkanes) is 2. The van der Waals surface area contributed by atoms with E-state index in [4.69, 9.17) is 0 Å². The SMILES string of the molecule is CC.CCCCCN(C)/C=C\C(=O)NC=O. The van der Waals surface area contributed by atoms with Crippen LogP contribution in [0.5, 0.6) is 0 Å². The molecule has 0 radical (unpaired) electrons. The molecule has 94 valence electrons. The first kappa shape index (κ1) is 17.1. The highest BCUT2D eigenvalue weighted by Gasteiger charge is 1.94. The summed E-state index contributed by atoms with van der Waals surface area (Å²) in [6.07, 6.45) is 6.90. The molecule has 0 saturated carbocycles. The van der Waals surface area contributed by atoms with Gasteiger partial charge < -0.3 is 4.90 Å². The van der Waals surface area contributed by atoms with Gasteiger partial charge in [-0.3, -0.25) is 14.9 Å². The second-order valence-corrected chi connectivity index (χ2v) is 3.13. The Balaban J connectivity index is 0. The normalized spacial score (nSPS) is 9.25. The molecule has 0 unspecified atom stereocenters. The van der Waals surface area contributed by atoms with Crippen molar-refractivity contribution in [2.45, 2.75) is 40.0 Å². The second-order valence-electron chi connectivity index (χ2n) is 3.13. The molecule has 0 spiro atoms. The highest BCUT2D eigenvalue weighted by Crippen LogP contribution is 1.96. The van der Waals surface area contributed by atoms with Gasteiger partial charge in [0.15, 0.2) is 0 Å². The summed E-state index contributed by atoms with van der Waals surface area (Å²) in [5.41, 5.74) is 0. The standard InChI is InChI=1S/C10H18N2O2.C2H6/c1-3-4-5-7-12(2)8-6-10(14)11-9-13;1-2/h6,8-9H,3-5,7H2,1-2H3,(H,11,13,14);1-2H3/b8-6-;. The molecule has 0 fully saturated rings. The molecule has 2 amide bonds. The summed E-state index contributed by atoms with van der Waals surface area (Å²) in [4.78, 5) is 22.6. The average Bonchev–Trinajstić information content (AvgIpc) is 2.30. The molecule has 0 aromatic rings. The van der Waals surface area contributed by atoms with Crippen molar-refractivity contribution in [2.75, 3.05) is 13.6 Å². The van der Waals surface area contributed by atoms with Gasteiger partial charge >= 0.3 is 0 Å². The van der Waals surface area contributed by atoms with Gasteiger partial charge in [-0.15, -0.1) is 0 Å². The average molecular weight is 228 g/mol. The molecule has 0 heterocycles. The molecule has 0 aromatic carbocycles. The maximum absolute atomic E-state index is 10.8. The van der Waals surface area contributed by atoms with Crippen LogP contribution in [0.25, 0.3) is 0 Å². The Morgan fingerprint density at radius 3 is 2.44 bits per heavy atom. The zero-order valence-corrected chi connectivity index (χ0v) is 10.8. The molecule has 0 saturated heterocycles. The van der Waals surface area contributed by atoms with Crippen molar-refractivity contribution in [1.82, 2.24) is 10.2 Å². The Bertz CT molecular complexity index is 203. The number of amides is 2. The molecule has 16 heavy (non-hydrogen) atoms. The number of imide groups is 1. The van der Waals surface area contributed by atoms with E-state index in [1.807, 2.05) is 31.1 Å². The third-order valence-electron chi connectivity index (χ3n) is 1.80. The molecule has 0 atom stereocenters. The first-order valence-electron chi connectivity index (χ1n) is 5.83. The summed E-state index contributed by atoms with van der Waals surface area (Å²) < 4.78 is 0. The number of hydrogen-bond donors (Lipinski definition) is 1. The molecule has 0 aliphatic carbocycles. The molecule has 0 bridgehead atoms. The summed E-state index contributed by atoms with van der Waals surface area (Å²) >= 11 is 0. The summed E-state index contributed by atoms with van der Waals surface area (Å²) in [5, 5.41) is 2.04. The lowest BCUT2D eigenvalue weighted by Crippen LogP contribution is -2.20. The van der Waals surface area contributed by atoms with Crippen LogP contribution in [0.15, 0.2) is 12.3 Å². The maximum Gasteiger partial charge on any atom is 0.251 e. The fourth-order valence-corrected chi connectivity index (χ4v) is 0.987. The first-order chi connectivity index (χ1) is 7.70. The first-order valence-corrected chi connectivity index (χ1v) is 5.83. The molecule has 0 rings (SSSR count). The minimum Gasteiger partial charge on any atom is -0.380 e. The van der Waals surface area contributed by atoms with Crippen LogP contribution in [0.1, 0.15) is 40.0 Å². The van der Waals surface area contributed by atoms with E-state index in [1.54, 1.807) is 6.20 Å². The number of hydrogen-bond acceptors (Lipinski definition) is 3. The van der Waals surface area contributed by atoms with Gasteiger partial charge in [-0.05, 0) is 6.42 Å². The third-order valence-corrected chi connectivity index (χ3v) is 1.80. The Labute approximate surface area is 98.7 Å². The van der Waals surface area contributed by atoms with Crippen molar-refractivity contribution >= 4 is 12.3 Å².